The van der Waals surface area contributed by atoms with E-state index in [9.17, 15) is 4.79 Å². The zero-order valence-corrected chi connectivity index (χ0v) is 15.9. The van der Waals surface area contributed by atoms with Gasteiger partial charge in [0, 0.05) is 0 Å². The van der Waals surface area contributed by atoms with Crippen LogP contribution in [0, 0.1) is 11.8 Å². The first-order chi connectivity index (χ1) is 9.77. The maximum Gasteiger partial charge on any atom is 0.308 e. The maximum absolute atomic E-state index is 11.5. The molecule has 0 saturated heterocycles. The minimum atomic E-state index is 0. The third kappa shape index (κ3) is 15.6. The Kier molecular flexibility index (Phi) is 33.3. The Bertz CT molecular complexity index is 173. The van der Waals surface area contributed by atoms with Crippen molar-refractivity contribution in [2.24, 2.45) is 11.8 Å². The monoisotopic (exact) mass is 306 g/mol. The molecule has 0 heterocycles. The quantitative estimate of drug-likeness (QED) is 0.652. The van der Waals surface area contributed by atoms with Gasteiger partial charge in [-0.2, -0.15) is 0 Å². The van der Waals surface area contributed by atoms with Crippen LogP contribution >= 0.6 is 0 Å². The second-order valence-corrected chi connectivity index (χ2v) is 4.29. The van der Waals surface area contributed by atoms with E-state index in [1.54, 1.807) is 0 Å². The van der Waals surface area contributed by atoms with E-state index in [0.717, 1.165) is 25.2 Å². The molecule has 0 aromatic carbocycles. The molecule has 1 fully saturated rings. The highest BCUT2D eigenvalue weighted by Gasteiger charge is 2.26. The summed E-state index contributed by atoms with van der Waals surface area (Å²) in [7, 11) is 0. The van der Waals surface area contributed by atoms with Crippen molar-refractivity contribution in [1.29, 1.82) is 0 Å². The lowest BCUT2D eigenvalue weighted by Gasteiger charge is -2.26. The molecule has 0 atom stereocenters. The van der Waals surface area contributed by atoms with Gasteiger partial charge in [0.05, 0.1) is 12.5 Å². The van der Waals surface area contributed by atoms with Gasteiger partial charge in [-0.15, -0.1) is 0 Å². The van der Waals surface area contributed by atoms with Crippen molar-refractivity contribution in [1.82, 2.24) is 0 Å². The molecule has 1 aliphatic carbocycles. The van der Waals surface area contributed by atoms with E-state index in [1.165, 1.54) is 19.3 Å². The van der Waals surface area contributed by atoms with Crippen LogP contribution in [0.3, 0.4) is 0 Å². The summed E-state index contributed by atoms with van der Waals surface area (Å²) in [6, 6.07) is 0. The molecule has 0 aliphatic heterocycles. The standard InChI is InChI=1S/C12H22O2.3C2H6.H2O/c1-3-9-14-12(13)11-7-5-10(4-2)6-8-11;3*1-2;/h10-11H,3-9H2,1-2H3;3*1-2H3;1H2. The van der Waals surface area contributed by atoms with E-state index < -0.39 is 0 Å². The molecule has 0 bridgehead atoms. The van der Waals surface area contributed by atoms with Gasteiger partial charge in [0.2, 0.25) is 0 Å². The van der Waals surface area contributed by atoms with E-state index in [4.69, 9.17) is 4.74 Å². The van der Waals surface area contributed by atoms with E-state index in [-0.39, 0.29) is 17.4 Å². The largest absolute Gasteiger partial charge is 0.465 e. The van der Waals surface area contributed by atoms with Crippen molar-refractivity contribution in [2.45, 2.75) is 93.9 Å². The molecule has 0 radical (unpaired) electrons. The molecule has 0 aromatic rings. The van der Waals surface area contributed by atoms with Gasteiger partial charge in [0.1, 0.15) is 0 Å². The lowest BCUT2D eigenvalue weighted by molar-refractivity contribution is -0.150. The normalized spacial score (nSPS) is 19.0. The Balaban J connectivity index is -0.000000183. The van der Waals surface area contributed by atoms with Crippen LogP contribution in [0.15, 0.2) is 0 Å². The Morgan fingerprint density at radius 3 is 1.67 bits per heavy atom. The molecule has 132 valence electrons. The summed E-state index contributed by atoms with van der Waals surface area (Å²) < 4.78 is 5.16. The number of rotatable bonds is 4. The fourth-order valence-corrected chi connectivity index (χ4v) is 2.13. The van der Waals surface area contributed by atoms with Crippen LogP contribution in [0.25, 0.3) is 0 Å². The average Bonchev–Trinajstić information content (AvgIpc) is 2.58. The summed E-state index contributed by atoms with van der Waals surface area (Å²) in [5.74, 6) is 1.09. The number of hydrogen-bond acceptors (Lipinski definition) is 2. The number of ether oxygens (including phenoxy) is 1. The maximum atomic E-state index is 11.5. The van der Waals surface area contributed by atoms with Crippen LogP contribution in [0.4, 0.5) is 0 Å². The average molecular weight is 307 g/mol. The van der Waals surface area contributed by atoms with E-state index in [2.05, 4.69) is 6.92 Å². The molecule has 1 aliphatic rings. The summed E-state index contributed by atoms with van der Waals surface area (Å²) in [6.45, 7) is 16.9. The molecule has 3 heteroatoms. The second-order valence-electron chi connectivity index (χ2n) is 4.29. The summed E-state index contributed by atoms with van der Waals surface area (Å²) in [6.07, 6.45) is 6.69. The molecule has 1 rings (SSSR count). The van der Waals surface area contributed by atoms with Crippen molar-refractivity contribution < 1.29 is 15.0 Å². The Morgan fingerprint density at radius 2 is 1.33 bits per heavy atom. The number of carbonyl (C=O) groups excluding carboxylic acids is 1. The van der Waals surface area contributed by atoms with Crippen LogP contribution in [0.2, 0.25) is 0 Å². The van der Waals surface area contributed by atoms with E-state index in [0.29, 0.717) is 6.61 Å². The predicted molar refractivity (Wildman–Crippen MR) is 94.6 cm³/mol. The molecule has 2 N–H and O–H groups in total. The predicted octanol–water partition coefficient (Wildman–Crippen LogP) is 5.41. The summed E-state index contributed by atoms with van der Waals surface area (Å²) in [5.41, 5.74) is 0. The van der Waals surface area contributed by atoms with Crippen LogP contribution < -0.4 is 0 Å². The van der Waals surface area contributed by atoms with Gasteiger partial charge in [-0.1, -0.05) is 61.8 Å². The highest BCUT2D eigenvalue weighted by atomic mass is 16.5. The van der Waals surface area contributed by atoms with Gasteiger partial charge in [0.15, 0.2) is 0 Å². The molecular weight excluding hydrogens is 264 g/mol. The molecular formula is C18H42O3. The Hall–Kier alpha value is -0.570. The number of esters is 1. The Labute approximate surface area is 134 Å². The van der Waals surface area contributed by atoms with E-state index in [1.807, 2.05) is 48.5 Å². The van der Waals surface area contributed by atoms with Gasteiger partial charge in [-0.3, -0.25) is 4.79 Å². The van der Waals surface area contributed by atoms with E-state index >= 15 is 0 Å². The third-order valence-corrected chi connectivity index (χ3v) is 3.21. The first-order valence-electron chi connectivity index (χ1n) is 8.94. The molecule has 3 nitrogen and oxygen atoms in total. The fourth-order valence-electron chi connectivity index (χ4n) is 2.13. The minimum absolute atomic E-state index is 0. The molecule has 1 saturated carbocycles. The zero-order chi connectivity index (χ0) is 16.4. The first kappa shape index (κ1) is 28.6. The highest BCUT2D eigenvalue weighted by molar-refractivity contribution is 5.72. The van der Waals surface area contributed by atoms with Crippen molar-refractivity contribution in [2.75, 3.05) is 6.61 Å². The lowest BCUT2D eigenvalue weighted by atomic mass is 9.81. The minimum Gasteiger partial charge on any atom is -0.465 e. The van der Waals surface area contributed by atoms with Gasteiger partial charge in [0.25, 0.3) is 0 Å². The third-order valence-electron chi connectivity index (χ3n) is 3.21. The van der Waals surface area contributed by atoms with Crippen molar-refractivity contribution >= 4 is 5.97 Å². The van der Waals surface area contributed by atoms with Gasteiger partial charge in [-0.05, 0) is 38.0 Å². The molecule has 0 spiro atoms. The van der Waals surface area contributed by atoms with Gasteiger partial charge >= 0.3 is 5.97 Å². The second kappa shape index (κ2) is 24.4. The van der Waals surface area contributed by atoms with Crippen LogP contribution in [-0.4, -0.2) is 18.1 Å². The van der Waals surface area contributed by atoms with Gasteiger partial charge in [-0.25, -0.2) is 0 Å². The number of carbonyl (C=O) groups is 1. The summed E-state index contributed by atoms with van der Waals surface area (Å²) in [4.78, 5) is 11.5. The van der Waals surface area contributed by atoms with Crippen molar-refractivity contribution in [3.63, 3.8) is 0 Å². The molecule has 0 amide bonds. The SMILES string of the molecule is CC.CC.CC.CCCOC(=O)C1CCC(CC)CC1.O. The summed E-state index contributed by atoms with van der Waals surface area (Å²) >= 11 is 0. The highest BCUT2D eigenvalue weighted by Crippen LogP contribution is 2.31. The Morgan fingerprint density at radius 1 is 0.905 bits per heavy atom. The topological polar surface area (TPSA) is 57.8 Å². The molecule has 0 aromatic heterocycles. The zero-order valence-electron chi connectivity index (χ0n) is 15.9. The summed E-state index contributed by atoms with van der Waals surface area (Å²) in [5, 5.41) is 0. The molecule has 0 unspecified atom stereocenters. The first-order valence-corrected chi connectivity index (χ1v) is 8.94. The van der Waals surface area contributed by atoms with Gasteiger partial charge < -0.3 is 10.2 Å². The fraction of sp³-hybridized carbons (Fsp3) is 0.944. The van der Waals surface area contributed by atoms with Crippen LogP contribution in [0.1, 0.15) is 93.9 Å². The number of hydrogen-bond donors (Lipinski definition) is 0. The van der Waals surface area contributed by atoms with Crippen LogP contribution in [0.5, 0.6) is 0 Å². The lowest BCUT2D eigenvalue weighted by Crippen LogP contribution is -2.23. The van der Waals surface area contributed by atoms with Crippen molar-refractivity contribution in [3.05, 3.63) is 0 Å². The van der Waals surface area contributed by atoms with Crippen LogP contribution in [-0.2, 0) is 9.53 Å². The molecule has 21 heavy (non-hydrogen) atoms. The van der Waals surface area contributed by atoms with Crippen molar-refractivity contribution in [3.8, 4) is 0 Å². The smallest absolute Gasteiger partial charge is 0.308 e.